The van der Waals surface area contributed by atoms with Gasteiger partial charge in [0.1, 0.15) is 0 Å². The Bertz CT molecular complexity index is 675. The van der Waals surface area contributed by atoms with Crippen molar-refractivity contribution in [3.63, 3.8) is 0 Å². The minimum Gasteiger partial charge on any atom is -0.340 e. The van der Waals surface area contributed by atoms with Crippen LogP contribution in [0, 0.1) is 20.8 Å². The molecule has 1 saturated heterocycles. The predicted molar refractivity (Wildman–Crippen MR) is 79.0 cm³/mol. The van der Waals surface area contributed by atoms with E-state index in [1.165, 1.54) is 0 Å². The quantitative estimate of drug-likeness (QED) is 0.862. The van der Waals surface area contributed by atoms with Gasteiger partial charge in [-0.05, 0) is 32.8 Å². The number of rotatable bonds is 4. The van der Waals surface area contributed by atoms with Gasteiger partial charge in [-0.2, -0.15) is 10.1 Å². The van der Waals surface area contributed by atoms with Crippen molar-refractivity contribution in [1.29, 1.82) is 0 Å². The van der Waals surface area contributed by atoms with Crippen molar-refractivity contribution >= 4 is 5.91 Å². The van der Waals surface area contributed by atoms with Gasteiger partial charge in [-0.3, -0.25) is 9.48 Å². The second-order valence-corrected chi connectivity index (χ2v) is 5.82. The normalized spacial score (nSPS) is 18.1. The van der Waals surface area contributed by atoms with Gasteiger partial charge in [-0.1, -0.05) is 5.16 Å². The zero-order chi connectivity index (χ0) is 15.7. The average molecular weight is 303 g/mol. The molecule has 0 unspecified atom stereocenters. The maximum atomic E-state index is 12.5. The molecule has 0 aromatic carbocycles. The van der Waals surface area contributed by atoms with E-state index in [0.717, 1.165) is 30.8 Å². The fourth-order valence-electron chi connectivity index (χ4n) is 3.03. The van der Waals surface area contributed by atoms with Crippen LogP contribution in [0.3, 0.4) is 0 Å². The SMILES string of the molecule is Cc1cc(C)n(CCC(=O)N2CCC[C@H]2c2noc(C)n2)n1. The first-order valence-electron chi connectivity index (χ1n) is 7.65. The molecule has 22 heavy (non-hydrogen) atoms. The molecule has 2 aromatic heterocycles. The van der Waals surface area contributed by atoms with Crippen LogP contribution in [0.25, 0.3) is 0 Å². The smallest absolute Gasteiger partial charge is 0.225 e. The number of aryl methyl sites for hydroxylation is 4. The second kappa shape index (κ2) is 5.90. The van der Waals surface area contributed by atoms with Gasteiger partial charge in [0.05, 0.1) is 11.7 Å². The molecule has 0 saturated carbocycles. The number of aromatic nitrogens is 4. The first kappa shape index (κ1) is 14.7. The highest BCUT2D eigenvalue weighted by molar-refractivity contribution is 5.76. The van der Waals surface area contributed by atoms with Crippen LogP contribution in [0.15, 0.2) is 10.6 Å². The molecule has 0 aliphatic carbocycles. The molecule has 3 heterocycles. The Morgan fingerprint density at radius 2 is 2.23 bits per heavy atom. The highest BCUT2D eigenvalue weighted by Crippen LogP contribution is 2.30. The molecule has 1 aliphatic heterocycles. The fraction of sp³-hybridized carbons (Fsp3) is 0.600. The molecule has 0 spiro atoms. The minimum absolute atomic E-state index is 0.0506. The topological polar surface area (TPSA) is 77.0 Å². The van der Waals surface area contributed by atoms with Gasteiger partial charge in [0.25, 0.3) is 0 Å². The van der Waals surface area contributed by atoms with E-state index in [1.54, 1.807) is 6.92 Å². The lowest BCUT2D eigenvalue weighted by Gasteiger charge is -2.22. The predicted octanol–water partition coefficient (Wildman–Crippen LogP) is 1.95. The van der Waals surface area contributed by atoms with Crippen LogP contribution in [-0.4, -0.2) is 37.3 Å². The number of amides is 1. The van der Waals surface area contributed by atoms with E-state index in [-0.39, 0.29) is 11.9 Å². The maximum Gasteiger partial charge on any atom is 0.225 e. The molecule has 1 amide bonds. The molecule has 0 bridgehead atoms. The molecular weight excluding hydrogens is 282 g/mol. The minimum atomic E-state index is -0.0506. The van der Waals surface area contributed by atoms with E-state index in [2.05, 4.69) is 15.2 Å². The zero-order valence-electron chi connectivity index (χ0n) is 13.2. The van der Waals surface area contributed by atoms with Crippen LogP contribution < -0.4 is 0 Å². The largest absolute Gasteiger partial charge is 0.340 e. The Labute approximate surface area is 129 Å². The number of likely N-dealkylation sites (tertiary alicyclic amines) is 1. The third-order valence-corrected chi connectivity index (χ3v) is 4.06. The Morgan fingerprint density at radius 1 is 1.41 bits per heavy atom. The lowest BCUT2D eigenvalue weighted by Crippen LogP contribution is -2.31. The molecule has 3 rings (SSSR count). The van der Waals surface area contributed by atoms with Gasteiger partial charge >= 0.3 is 0 Å². The lowest BCUT2D eigenvalue weighted by molar-refractivity contribution is -0.132. The second-order valence-electron chi connectivity index (χ2n) is 5.82. The first-order valence-corrected chi connectivity index (χ1v) is 7.65. The summed E-state index contributed by atoms with van der Waals surface area (Å²) in [7, 11) is 0. The molecule has 7 heteroatoms. The summed E-state index contributed by atoms with van der Waals surface area (Å²) in [6, 6.07) is 1.97. The van der Waals surface area contributed by atoms with Gasteiger partial charge in [-0.15, -0.1) is 0 Å². The summed E-state index contributed by atoms with van der Waals surface area (Å²) < 4.78 is 6.93. The van der Waals surface area contributed by atoms with Crippen molar-refractivity contribution in [2.75, 3.05) is 6.54 Å². The molecule has 1 atom stereocenters. The van der Waals surface area contributed by atoms with Crippen LogP contribution in [0.4, 0.5) is 0 Å². The Balaban J connectivity index is 1.65. The summed E-state index contributed by atoms with van der Waals surface area (Å²) in [5, 5.41) is 8.36. The van der Waals surface area contributed by atoms with Gasteiger partial charge in [0, 0.05) is 32.1 Å². The first-order chi connectivity index (χ1) is 10.5. The maximum absolute atomic E-state index is 12.5. The number of carbonyl (C=O) groups excluding carboxylic acids is 1. The molecule has 1 fully saturated rings. The highest BCUT2D eigenvalue weighted by Gasteiger charge is 2.32. The van der Waals surface area contributed by atoms with E-state index in [4.69, 9.17) is 4.52 Å². The van der Waals surface area contributed by atoms with Gasteiger partial charge in [0.15, 0.2) is 5.82 Å². The lowest BCUT2D eigenvalue weighted by atomic mass is 10.2. The summed E-state index contributed by atoms with van der Waals surface area (Å²) in [5.41, 5.74) is 2.06. The Morgan fingerprint density at radius 3 is 2.86 bits per heavy atom. The number of nitrogens with zero attached hydrogens (tertiary/aromatic N) is 5. The number of hydrogen-bond acceptors (Lipinski definition) is 5. The summed E-state index contributed by atoms with van der Waals surface area (Å²) in [4.78, 5) is 18.7. The molecule has 2 aromatic rings. The third-order valence-electron chi connectivity index (χ3n) is 4.06. The molecular formula is C15H21N5O2. The van der Waals surface area contributed by atoms with Crippen molar-refractivity contribution in [1.82, 2.24) is 24.8 Å². The van der Waals surface area contributed by atoms with Crippen molar-refractivity contribution in [2.45, 2.75) is 52.6 Å². The molecule has 1 aliphatic rings. The summed E-state index contributed by atoms with van der Waals surface area (Å²) in [6.07, 6.45) is 2.31. The highest BCUT2D eigenvalue weighted by atomic mass is 16.5. The van der Waals surface area contributed by atoms with E-state index in [9.17, 15) is 4.79 Å². The standard InChI is InChI=1S/C15H21N5O2/c1-10-9-11(2)20(17-10)8-6-14(21)19-7-4-5-13(19)15-16-12(3)22-18-15/h9,13H,4-8H2,1-3H3/t13-/m0/s1. The summed E-state index contributed by atoms with van der Waals surface area (Å²) in [5.74, 6) is 1.28. The van der Waals surface area contributed by atoms with Crippen LogP contribution in [0.1, 0.15) is 48.4 Å². The summed E-state index contributed by atoms with van der Waals surface area (Å²) in [6.45, 7) is 7.09. The van der Waals surface area contributed by atoms with E-state index >= 15 is 0 Å². The van der Waals surface area contributed by atoms with Gasteiger partial charge in [0.2, 0.25) is 11.8 Å². The van der Waals surface area contributed by atoms with Crippen molar-refractivity contribution < 1.29 is 9.32 Å². The van der Waals surface area contributed by atoms with E-state index < -0.39 is 0 Å². The summed E-state index contributed by atoms with van der Waals surface area (Å²) >= 11 is 0. The number of carbonyl (C=O) groups is 1. The van der Waals surface area contributed by atoms with Crippen molar-refractivity contribution in [3.05, 3.63) is 29.2 Å². The van der Waals surface area contributed by atoms with E-state index in [1.807, 2.05) is 29.5 Å². The van der Waals surface area contributed by atoms with Crippen LogP contribution in [-0.2, 0) is 11.3 Å². The monoisotopic (exact) mass is 303 g/mol. The molecule has 0 N–H and O–H groups in total. The van der Waals surface area contributed by atoms with Crippen molar-refractivity contribution in [3.8, 4) is 0 Å². The molecule has 7 nitrogen and oxygen atoms in total. The fourth-order valence-corrected chi connectivity index (χ4v) is 3.03. The Kier molecular flexibility index (Phi) is 3.96. The van der Waals surface area contributed by atoms with E-state index in [0.29, 0.717) is 24.7 Å². The number of hydrogen-bond donors (Lipinski definition) is 0. The molecule has 0 radical (unpaired) electrons. The van der Waals surface area contributed by atoms with Crippen LogP contribution >= 0.6 is 0 Å². The van der Waals surface area contributed by atoms with Gasteiger partial charge in [-0.25, -0.2) is 0 Å². The average Bonchev–Trinajstić information content (AvgIpc) is 3.16. The van der Waals surface area contributed by atoms with Gasteiger partial charge < -0.3 is 9.42 Å². The van der Waals surface area contributed by atoms with Crippen LogP contribution in [0.5, 0.6) is 0 Å². The zero-order valence-corrected chi connectivity index (χ0v) is 13.2. The third kappa shape index (κ3) is 2.88. The Hall–Kier alpha value is -2.18. The van der Waals surface area contributed by atoms with Crippen LogP contribution in [0.2, 0.25) is 0 Å². The van der Waals surface area contributed by atoms with Crippen molar-refractivity contribution in [2.24, 2.45) is 0 Å². The molecule has 118 valence electrons.